The van der Waals surface area contributed by atoms with Crippen molar-refractivity contribution in [3.8, 4) is 17.1 Å². The molecule has 6 nitrogen and oxygen atoms in total. The fourth-order valence-electron chi connectivity index (χ4n) is 3.09. The van der Waals surface area contributed by atoms with Crippen LogP contribution in [0, 0.1) is 6.92 Å². The highest BCUT2D eigenvalue weighted by molar-refractivity contribution is 5.78. The van der Waals surface area contributed by atoms with Gasteiger partial charge in [-0.2, -0.15) is 5.10 Å². The normalized spacial score (nSPS) is 10.8. The van der Waals surface area contributed by atoms with Gasteiger partial charge in [0.05, 0.1) is 17.8 Å². The maximum atomic E-state index is 12.3. The van der Waals surface area contributed by atoms with E-state index in [0.29, 0.717) is 23.9 Å². The lowest BCUT2D eigenvalue weighted by molar-refractivity contribution is -0.120. The van der Waals surface area contributed by atoms with Crippen LogP contribution >= 0.6 is 0 Å². The quantitative estimate of drug-likeness (QED) is 0.525. The lowest BCUT2D eigenvalue weighted by Gasteiger charge is -2.06. The number of rotatable bonds is 7. The first-order valence-corrected chi connectivity index (χ1v) is 9.56. The number of nitrogens with one attached hydrogen (secondary N) is 1. The van der Waals surface area contributed by atoms with Crippen molar-refractivity contribution in [2.75, 3.05) is 6.54 Å². The van der Waals surface area contributed by atoms with E-state index in [1.54, 1.807) is 6.20 Å². The van der Waals surface area contributed by atoms with E-state index in [9.17, 15) is 4.79 Å². The highest BCUT2D eigenvalue weighted by Crippen LogP contribution is 2.21. The van der Waals surface area contributed by atoms with Gasteiger partial charge in [0.1, 0.15) is 5.76 Å². The van der Waals surface area contributed by atoms with Gasteiger partial charge in [0.15, 0.2) is 0 Å². The topological polar surface area (TPSA) is 73.0 Å². The van der Waals surface area contributed by atoms with E-state index in [4.69, 9.17) is 4.42 Å². The van der Waals surface area contributed by atoms with Crippen molar-refractivity contribution in [1.82, 2.24) is 20.1 Å². The predicted octanol–water partition coefficient (Wildman–Crippen LogP) is 3.74. The minimum absolute atomic E-state index is 0.0610. The van der Waals surface area contributed by atoms with Crippen LogP contribution in [0.5, 0.6) is 0 Å². The van der Waals surface area contributed by atoms with Crippen LogP contribution in [0.25, 0.3) is 17.1 Å². The van der Waals surface area contributed by atoms with E-state index < -0.39 is 0 Å². The molecule has 0 aliphatic carbocycles. The monoisotopic (exact) mass is 386 g/mol. The van der Waals surface area contributed by atoms with Gasteiger partial charge < -0.3 is 9.73 Å². The molecule has 0 unspecified atom stereocenters. The first-order valence-electron chi connectivity index (χ1n) is 9.56. The molecule has 6 heteroatoms. The molecule has 0 fully saturated rings. The van der Waals surface area contributed by atoms with Crippen molar-refractivity contribution >= 4 is 5.91 Å². The molecule has 1 amide bonds. The van der Waals surface area contributed by atoms with Crippen molar-refractivity contribution in [3.05, 3.63) is 90.1 Å². The minimum Gasteiger partial charge on any atom is -0.441 e. The molecule has 146 valence electrons. The molecule has 0 atom stereocenters. The summed E-state index contributed by atoms with van der Waals surface area (Å²) in [6, 6.07) is 19.7. The number of oxazole rings is 1. The van der Waals surface area contributed by atoms with Crippen LogP contribution in [0.2, 0.25) is 0 Å². The second-order valence-corrected chi connectivity index (χ2v) is 6.78. The van der Waals surface area contributed by atoms with E-state index in [2.05, 4.69) is 27.5 Å². The third kappa shape index (κ3) is 4.60. The molecule has 1 N–H and O–H groups in total. The summed E-state index contributed by atoms with van der Waals surface area (Å²) in [5, 5.41) is 7.18. The number of carbonyl (C=O) groups is 1. The minimum atomic E-state index is -0.0610. The van der Waals surface area contributed by atoms with Gasteiger partial charge in [-0.15, -0.1) is 0 Å². The van der Waals surface area contributed by atoms with E-state index in [0.717, 1.165) is 23.2 Å². The van der Waals surface area contributed by atoms with Crippen molar-refractivity contribution in [1.29, 1.82) is 0 Å². The number of carbonyl (C=O) groups excluding carboxylic acids is 1. The van der Waals surface area contributed by atoms with Crippen LogP contribution in [0.15, 0.2) is 77.5 Å². The highest BCUT2D eigenvalue weighted by Gasteiger charge is 2.14. The number of hydrogen-bond acceptors (Lipinski definition) is 4. The predicted molar refractivity (Wildman–Crippen MR) is 111 cm³/mol. The van der Waals surface area contributed by atoms with E-state index in [1.807, 2.05) is 66.3 Å². The van der Waals surface area contributed by atoms with Gasteiger partial charge in [0.2, 0.25) is 11.8 Å². The van der Waals surface area contributed by atoms with Crippen molar-refractivity contribution in [3.63, 3.8) is 0 Å². The first-order chi connectivity index (χ1) is 14.2. The standard InChI is InChI=1S/C23H22N4O2/c1-17-21(26-23(29-17)19-6-3-2-4-7-19)16-22(28)24-14-12-18-8-10-20(11-9-18)27-15-5-13-25-27/h2-11,13,15H,12,14,16H2,1H3,(H,24,28). The van der Waals surface area contributed by atoms with Crippen LogP contribution in [0.4, 0.5) is 0 Å². The van der Waals surface area contributed by atoms with E-state index in [1.165, 1.54) is 0 Å². The van der Waals surface area contributed by atoms with Gasteiger partial charge in [0.25, 0.3) is 0 Å². The average molecular weight is 386 g/mol. The number of hydrogen-bond donors (Lipinski definition) is 1. The fraction of sp³-hybridized carbons (Fsp3) is 0.174. The molecular weight excluding hydrogens is 364 g/mol. The maximum Gasteiger partial charge on any atom is 0.226 e. The number of nitrogens with zero attached hydrogens (tertiary/aromatic N) is 3. The van der Waals surface area contributed by atoms with Gasteiger partial charge in [-0.25, -0.2) is 9.67 Å². The summed E-state index contributed by atoms with van der Waals surface area (Å²) >= 11 is 0. The molecule has 0 radical (unpaired) electrons. The smallest absolute Gasteiger partial charge is 0.226 e. The third-order valence-corrected chi connectivity index (χ3v) is 4.68. The molecule has 0 bridgehead atoms. The molecule has 0 aliphatic rings. The summed E-state index contributed by atoms with van der Waals surface area (Å²) in [7, 11) is 0. The fourth-order valence-corrected chi connectivity index (χ4v) is 3.09. The second kappa shape index (κ2) is 8.56. The Balaban J connectivity index is 1.29. The van der Waals surface area contributed by atoms with Crippen LogP contribution < -0.4 is 5.32 Å². The van der Waals surface area contributed by atoms with E-state index in [-0.39, 0.29) is 12.3 Å². The van der Waals surface area contributed by atoms with Gasteiger partial charge in [-0.1, -0.05) is 30.3 Å². The molecule has 0 aliphatic heterocycles. The molecule has 2 aromatic carbocycles. The highest BCUT2D eigenvalue weighted by atomic mass is 16.4. The molecule has 2 heterocycles. The number of amides is 1. The lowest BCUT2D eigenvalue weighted by Crippen LogP contribution is -2.27. The summed E-state index contributed by atoms with van der Waals surface area (Å²) in [6.45, 7) is 2.41. The van der Waals surface area contributed by atoms with Crippen LogP contribution in [0.3, 0.4) is 0 Å². The number of aromatic nitrogens is 3. The van der Waals surface area contributed by atoms with Gasteiger partial charge in [-0.05, 0) is 49.2 Å². The molecule has 29 heavy (non-hydrogen) atoms. The van der Waals surface area contributed by atoms with Crippen LogP contribution in [-0.2, 0) is 17.6 Å². The summed E-state index contributed by atoms with van der Waals surface area (Å²) in [4.78, 5) is 16.8. The zero-order valence-electron chi connectivity index (χ0n) is 16.2. The molecular formula is C23H22N4O2. The number of aryl methyl sites for hydroxylation is 1. The Kier molecular flexibility index (Phi) is 5.52. The Bertz CT molecular complexity index is 1070. The summed E-state index contributed by atoms with van der Waals surface area (Å²) in [5.41, 5.74) is 3.74. The Morgan fingerprint density at radius 3 is 2.59 bits per heavy atom. The summed E-state index contributed by atoms with van der Waals surface area (Å²) in [6.07, 6.45) is 4.63. The lowest BCUT2D eigenvalue weighted by atomic mass is 10.1. The molecule has 0 saturated heterocycles. The summed E-state index contributed by atoms with van der Waals surface area (Å²) in [5.74, 6) is 1.16. The van der Waals surface area contributed by atoms with E-state index >= 15 is 0 Å². The Labute approximate surface area is 169 Å². The summed E-state index contributed by atoms with van der Waals surface area (Å²) < 4.78 is 7.53. The van der Waals surface area contributed by atoms with Gasteiger partial charge in [0, 0.05) is 24.5 Å². The Morgan fingerprint density at radius 2 is 1.86 bits per heavy atom. The molecule has 0 saturated carbocycles. The third-order valence-electron chi connectivity index (χ3n) is 4.68. The first kappa shape index (κ1) is 18.7. The van der Waals surface area contributed by atoms with Crippen molar-refractivity contribution in [2.45, 2.75) is 19.8 Å². The van der Waals surface area contributed by atoms with Crippen molar-refractivity contribution < 1.29 is 9.21 Å². The van der Waals surface area contributed by atoms with Crippen molar-refractivity contribution in [2.24, 2.45) is 0 Å². The molecule has 0 spiro atoms. The largest absolute Gasteiger partial charge is 0.441 e. The SMILES string of the molecule is Cc1oc(-c2ccccc2)nc1CC(=O)NCCc1ccc(-n2cccn2)cc1. The van der Waals surface area contributed by atoms with Crippen LogP contribution in [-0.4, -0.2) is 27.2 Å². The second-order valence-electron chi connectivity index (χ2n) is 6.78. The molecule has 4 rings (SSSR count). The molecule has 2 aromatic heterocycles. The number of benzene rings is 2. The Hall–Kier alpha value is -3.67. The Morgan fingerprint density at radius 1 is 1.07 bits per heavy atom. The average Bonchev–Trinajstić information content (AvgIpc) is 3.40. The zero-order chi connectivity index (χ0) is 20.1. The molecule has 4 aromatic rings. The van der Waals surface area contributed by atoms with Gasteiger partial charge >= 0.3 is 0 Å². The maximum absolute atomic E-state index is 12.3. The zero-order valence-corrected chi connectivity index (χ0v) is 16.2. The van der Waals surface area contributed by atoms with Crippen LogP contribution in [0.1, 0.15) is 17.0 Å². The van der Waals surface area contributed by atoms with Gasteiger partial charge in [-0.3, -0.25) is 4.79 Å².